The van der Waals surface area contributed by atoms with Crippen molar-refractivity contribution in [3.8, 4) is 5.75 Å². The molecule has 0 atom stereocenters. The van der Waals surface area contributed by atoms with Crippen molar-refractivity contribution < 1.29 is 26.8 Å². The first-order chi connectivity index (χ1) is 15.9. The number of carbonyl (C=O) groups excluding carboxylic acids is 1. The highest BCUT2D eigenvalue weighted by molar-refractivity contribution is 7.89. The molecule has 0 saturated carbocycles. The first-order valence-electron chi connectivity index (χ1n) is 9.66. The maximum atomic E-state index is 13.5. The number of benzene rings is 3. The van der Waals surface area contributed by atoms with Crippen LogP contribution in [0.25, 0.3) is 11.0 Å². The van der Waals surface area contributed by atoms with Crippen molar-refractivity contribution in [3.63, 3.8) is 0 Å². The number of fused-ring (bicyclic) bond motifs is 1. The molecule has 10 heteroatoms. The fourth-order valence-corrected chi connectivity index (χ4v) is 3.87. The molecular formula is C23H18FN3O5S. The predicted molar refractivity (Wildman–Crippen MR) is 119 cm³/mol. The Morgan fingerprint density at radius 3 is 2.48 bits per heavy atom. The van der Waals surface area contributed by atoms with E-state index >= 15 is 0 Å². The number of carbonyl (C=O) groups is 1. The van der Waals surface area contributed by atoms with E-state index in [1.54, 1.807) is 36.4 Å². The summed E-state index contributed by atoms with van der Waals surface area (Å²) in [5.74, 6) is -0.833. The summed E-state index contributed by atoms with van der Waals surface area (Å²) >= 11 is 0. The highest BCUT2D eigenvalue weighted by Gasteiger charge is 2.17. The topological polar surface area (TPSA) is 110 Å². The molecule has 4 aromatic rings. The van der Waals surface area contributed by atoms with Crippen molar-refractivity contribution in [2.24, 2.45) is 5.10 Å². The van der Waals surface area contributed by atoms with Crippen LogP contribution in [-0.4, -0.2) is 21.4 Å². The maximum absolute atomic E-state index is 13.5. The van der Waals surface area contributed by atoms with Gasteiger partial charge in [-0.3, -0.25) is 4.79 Å². The molecule has 1 heterocycles. The van der Waals surface area contributed by atoms with Crippen LogP contribution >= 0.6 is 0 Å². The Bertz CT molecular complexity index is 1500. The average molecular weight is 467 g/mol. The second kappa shape index (κ2) is 9.13. The Morgan fingerprint density at radius 1 is 1.00 bits per heavy atom. The van der Waals surface area contributed by atoms with Gasteiger partial charge in [-0.25, -0.2) is 4.39 Å². The van der Waals surface area contributed by atoms with Gasteiger partial charge in [-0.1, -0.05) is 36.4 Å². The van der Waals surface area contributed by atoms with Gasteiger partial charge in [-0.15, -0.1) is 5.10 Å². The molecule has 0 bridgehead atoms. The zero-order valence-electron chi connectivity index (χ0n) is 17.3. The monoisotopic (exact) mass is 467 g/mol. The molecule has 8 nitrogen and oxygen atoms in total. The third-order valence-electron chi connectivity index (χ3n) is 4.61. The lowest BCUT2D eigenvalue weighted by molar-refractivity contribution is 0.102. The van der Waals surface area contributed by atoms with Gasteiger partial charge in [-0.05, 0) is 42.5 Å². The number of anilines is 1. The Labute approximate surface area is 188 Å². The van der Waals surface area contributed by atoms with Crippen molar-refractivity contribution in [3.05, 3.63) is 95.8 Å². The quantitative estimate of drug-likeness (QED) is 0.421. The van der Waals surface area contributed by atoms with E-state index in [1.165, 1.54) is 43.5 Å². The minimum Gasteiger partial charge on any atom is -0.493 e. The Morgan fingerprint density at radius 2 is 1.76 bits per heavy atom. The normalized spacial score (nSPS) is 11.9. The summed E-state index contributed by atoms with van der Waals surface area (Å²) in [7, 11) is -2.58. The summed E-state index contributed by atoms with van der Waals surface area (Å²) in [6, 6.07) is 19.5. The summed E-state index contributed by atoms with van der Waals surface area (Å²) in [6.45, 7) is 0. The molecular weight excluding hydrogens is 449 g/mol. The van der Waals surface area contributed by atoms with Crippen LogP contribution in [0.1, 0.15) is 10.4 Å². The van der Waals surface area contributed by atoms with Gasteiger partial charge in [0.1, 0.15) is 11.4 Å². The van der Waals surface area contributed by atoms with Crippen molar-refractivity contribution in [2.75, 3.05) is 12.4 Å². The molecule has 0 saturated heterocycles. The van der Waals surface area contributed by atoms with E-state index < -0.39 is 21.7 Å². The van der Waals surface area contributed by atoms with Crippen LogP contribution in [-0.2, 0) is 10.0 Å². The minimum atomic E-state index is -4.02. The van der Waals surface area contributed by atoms with Gasteiger partial charge in [0, 0.05) is 11.1 Å². The maximum Gasteiger partial charge on any atom is 0.276 e. The third kappa shape index (κ3) is 4.85. The van der Waals surface area contributed by atoms with Gasteiger partial charge in [0.15, 0.2) is 11.3 Å². The average Bonchev–Trinajstić information content (AvgIpc) is 2.82. The summed E-state index contributed by atoms with van der Waals surface area (Å²) in [5.41, 5.74) is 0.0951. The predicted octanol–water partition coefficient (Wildman–Crippen LogP) is 3.63. The molecule has 0 spiro atoms. The molecule has 0 unspecified atom stereocenters. The molecule has 2 N–H and O–H groups in total. The first-order valence-corrected chi connectivity index (χ1v) is 11.1. The number of nitrogens with one attached hydrogen (secondary N) is 2. The number of ether oxygens (including phenoxy) is 1. The van der Waals surface area contributed by atoms with Crippen LogP contribution in [0.3, 0.4) is 0 Å². The van der Waals surface area contributed by atoms with Gasteiger partial charge < -0.3 is 14.5 Å². The highest BCUT2D eigenvalue weighted by atomic mass is 32.2. The first kappa shape index (κ1) is 22.0. The van der Waals surface area contributed by atoms with Crippen molar-refractivity contribution in [1.82, 2.24) is 4.83 Å². The van der Waals surface area contributed by atoms with Crippen LogP contribution in [0.2, 0.25) is 0 Å². The lowest BCUT2D eigenvalue weighted by Crippen LogP contribution is -2.27. The largest absolute Gasteiger partial charge is 0.493 e. The van der Waals surface area contributed by atoms with Gasteiger partial charge in [0.05, 0.1) is 12.0 Å². The summed E-state index contributed by atoms with van der Waals surface area (Å²) in [4.78, 5) is 15.0. The number of amides is 1. The molecule has 1 amide bonds. The molecule has 33 heavy (non-hydrogen) atoms. The molecule has 4 rings (SSSR count). The fourth-order valence-electron chi connectivity index (χ4n) is 3.05. The Kier molecular flexibility index (Phi) is 6.09. The zero-order chi connectivity index (χ0) is 23.4. The number of methoxy groups -OCH3 is 1. The number of nitrogens with zero attached hydrogens (tertiary/aromatic N) is 1. The molecule has 3 aromatic carbocycles. The molecule has 0 aliphatic carbocycles. The summed E-state index contributed by atoms with van der Waals surface area (Å²) in [6.07, 6.45) is 0. The van der Waals surface area contributed by atoms with E-state index in [0.717, 1.165) is 6.07 Å². The van der Waals surface area contributed by atoms with Crippen LogP contribution in [0, 0.1) is 5.82 Å². The summed E-state index contributed by atoms with van der Waals surface area (Å²) < 4.78 is 49.8. The molecule has 0 radical (unpaired) electrons. The van der Waals surface area contributed by atoms with Crippen LogP contribution < -0.4 is 20.4 Å². The van der Waals surface area contributed by atoms with Gasteiger partial charge in [0.25, 0.3) is 15.9 Å². The number of halogens is 1. The van der Waals surface area contributed by atoms with E-state index in [2.05, 4.69) is 15.2 Å². The van der Waals surface area contributed by atoms with Crippen LogP contribution in [0.15, 0.2) is 93.3 Å². The van der Waals surface area contributed by atoms with E-state index in [-0.39, 0.29) is 27.3 Å². The van der Waals surface area contributed by atoms with E-state index in [0.29, 0.717) is 11.1 Å². The summed E-state index contributed by atoms with van der Waals surface area (Å²) in [5, 5.41) is 6.94. The molecule has 0 fully saturated rings. The number of sulfonamides is 1. The number of hydrogen-bond donors (Lipinski definition) is 2. The zero-order valence-corrected chi connectivity index (χ0v) is 18.1. The van der Waals surface area contributed by atoms with Crippen molar-refractivity contribution in [2.45, 2.75) is 4.90 Å². The number of hydrogen-bond acceptors (Lipinski definition) is 6. The number of rotatable bonds is 6. The lowest BCUT2D eigenvalue weighted by Gasteiger charge is -2.09. The SMILES string of the molecule is COc1cccc2cc(C(=O)Nc3cccc(F)c3)/c(=N\NS(=O)(=O)c3ccccc3)oc12. The van der Waals surface area contributed by atoms with Gasteiger partial charge in [0.2, 0.25) is 5.55 Å². The third-order valence-corrected chi connectivity index (χ3v) is 5.83. The standard InChI is InChI=1S/C23H18FN3O5S/c1-31-20-12-5-7-15-13-19(22(28)25-17-9-6-8-16(24)14-17)23(32-21(15)20)26-27-33(29,30)18-10-3-2-4-11-18/h2-14,27H,1H3,(H,25,28)/b26-23+. The van der Waals surface area contributed by atoms with Crippen molar-refractivity contribution >= 4 is 32.6 Å². The van der Waals surface area contributed by atoms with Gasteiger partial charge in [-0.2, -0.15) is 13.2 Å². The van der Waals surface area contributed by atoms with E-state index in [1.807, 2.05) is 0 Å². The van der Waals surface area contributed by atoms with Crippen LogP contribution in [0.5, 0.6) is 5.75 Å². The fraction of sp³-hybridized carbons (Fsp3) is 0.0435. The van der Waals surface area contributed by atoms with Crippen molar-refractivity contribution in [1.29, 1.82) is 0 Å². The van der Waals surface area contributed by atoms with E-state index in [9.17, 15) is 17.6 Å². The highest BCUT2D eigenvalue weighted by Crippen LogP contribution is 2.25. The molecule has 1 aromatic heterocycles. The molecule has 168 valence electrons. The Hall–Kier alpha value is -4.18. The smallest absolute Gasteiger partial charge is 0.276 e. The second-order valence-electron chi connectivity index (χ2n) is 6.83. The number of para-hydroxylation sites is 1. The molecule has 0 aliphatic heterocycles. The molecule has 0 aliphatic rings. The Balaban J connectivity index is 1.82. The van der Waals surface area contributed by atoms with Crippen LogP contribution in [0.4, 0.5) is 10.1 Å². The van der Waals surface area contributed by atoms with E-state index in [4.69, 9.17) is 9.15 Å². The second-order valence-corrected chi connectivity index (χ2v) is 8.49. The van der Waals surface area contributed by atoms with Gasteiger partial charge >= 0.3 is 0 Å². The lowest BCUT2D eigenvalue weighted by atomic mass is 10.1. The minimum absolute atomic E-state index is 0.0158.